The Bertz CT molecular complexity index is 493. The van der Waals surface area contributed by atoms with Crippen LogP contribution in [-0.4, -0.2) is 58.7 Å². The molecule has 3 rings (SSSR count). The van der Waals surface area contributed by atoms with Crippen LogP contribution < -0.4 is 5.32 Å². The largest absolute Gasteiger partial charge is 0.352 e. The Morgan fingerprint density at radius 1 is 1.09 bits per heavy atom. The topological polar surface area (TPSA) is 69.7 Å². The van der Waals surface area contributed by atoms with Crippen molar-refractivity contribution in [1.82, 2.24) is 15.1 Å². The smallest absolute Gasteiger partial charge is 0.243 e. The van der Waals surface area contributed by atoms with Crippen molar-refractivity contribution in [3.05, 3.63) is 0 Å². The Morgan fingerprint density at radius 2 is 1.74 bits per heavy atom. The lowest BCUT2D eigenvalue weighted by molar-refractivity contribution is -0.140. The van der Waals surface area contributed by atoms with E-state index >= 15 is 0 Å². The van der Waals surface area contributed by atoms with Gasteiger partial charge in [-0.05, 0) is 46.0 Å². The summed E-state index contributed by atoms with van der Waals surface area (Å²) in [4.78, 5) is 40.5. The van der Waals surface area contributed by atoms with Crippen LogP contribution >= 0.6 is 0 Å². The Labute approximate surface area is 137 Å². The van der Waals surface area contributed by atoms with Gasteiger partial charge < -0.3 is 15.1 Å². The minimum absolute atomic E-state index is 0.0395. The van der Waals surface area contributed by atoms with Crippen LogP contribution in [0.3, 0.4) is 0 Å². The van der Waals surface area contributed by atoms with Gasteiger partial charge in [0.2, 0.25) is 17.7 Å². The molecule has 1 aliphatic carbocycles. The normalized spacial score (nSPS) is 26.0. The first-order valence-corrected chi connectivity index (χ1v) is 8.87. The van der Waals surface area contributed by atoms with Crippen LogP contribution in [0.4, 0.5) is 0 Å². The van der Waals surface area contributed by atoms with Gasteiger partial charge in [0, 0.05) is 37.5 Å². The molecule has 1 unspecified atom stereocenters. The lowest BCUT2D eigenvalue weighted by Crippen LogP contribution is -2.54. The molecule has 0 aromatic rings. The van der Waals surface area contributed by atoms with E-state index in [9.17, 15) is 14.4 Å². The predicted molar refractivity (Wildman–Crippen MR) is 85.5 cm³/mol. The van der Waals surface area contributed by atoms with E-state index in [2.05, 4.69) is 5.32 Å². The summed E-state index contributed by atoms with van der Waals surface area (Å²) in [6.07, 6.45) is 4.70. The van der Waals surface area contributed by atoms with Crippen LogP contribution in [0.15, 0.2) is 0 Å². The molecule has 0 radical (unpaired) electrons. The fourth-order valence-corrected chi connectivity index (χ4v) is 3.75. The zero-order valence-electron chi connectivity index (χ0n) is 14.1. The summed E-state index contributed by atoms with van der Waals surface area (Å²) in [7, 11) is 0. The van der Waals surface area contributed by atoms with Gasteiger partial charge in [-0.15, -0.1) is 0 Å². The van der Waals surface area contributed by atoms with Gasteiger partial charge in [0.05, 0.1) is 0 Å². The van der Waals surface area contributed by atoms with Crippen molar-refractivity contribution in [3.8, 4) is 0 Å². The molecule has 0 bridgehead atoms. The van der Waals surface area contributed by atoms with E-state index in [0.29, 0.717) is 25.9 Å². The molecule has 3 fully saturated rings. The molecule has 0 aromatic heterocycles. The van der Waals surface area contributed by atoms with Gasteiger partial charge in [0.1, 0.15) is 6.04 Å². The monoisotopic (exact) mass is 321 g/mol. The van der Waals surface area contributed by atoms with E-state index in [1.165, 1.54) is 0 Å². The minimum atomic E-state index is -0.333. The van der Waals surface area contributed by atoms with Gasteiger partial charge in [0.15, 0.2) is 0 Å². The quantitative estimate of drug-likeness (QED) is 0.836. The second kappa shape index (κ2) is 6.49. The number of hydrogen-bond donors (Lipinski definition) is 1. The number of hydrogen-bond acceptors (Lipinski definition) is 3. The van der Waals surface area contributed by atoms with Crippen LogP contribution in [0.1, 0.15) is 52.4 Å². The second-order valence-corrected chi connectivity index (χ2v) is 7.35. The lowest BCUT2D eigenvalue weighted by atomic mass is 10.0. The molecule has 23 heavy (non-hydrogen) atoms. The third kappa shape index (κ3) is 3.51. The number of nitrogens with zero attached hydrogens (tertiary/aromatic N) is 2. The number of likely N-dealkylation sites (tertiary alicyclic amines) is 2. The predicted octanol–water partition coefficient (Wildman–Crippen LogP) is 0.903. The zero-order chi connectivity index (χ0) is 16.6. The summed E-state index contributed by atoms with van der Waals surface area (Å²) < 4.78 is 0. The lowest BCUT2D eigenvalue weighted by Gasteiger charge is -2.39. The molecule has 1 saturated carbocycles. The first-order valence-electron chi connectivity index (χ1n) is 8.87. The molecule has 3 amide bonds. The SMILES string of the molecule is CC(C)NC(=O)C1CCC(=O)N1C1CCN(C(=O)C2CC2)CC1. The molecule has 6 heteroatoms. The van der Waals surface area contributed by atoms with Gasteiger partial charge in [-0.2, -0.15) is 0 Å². The van der Waals surface area contributed by atoms with Crippen molar-refractivity contribution in [2.45, 2.75) is 70.5 Å². The molecule has 128 valence electrons. The maximum atomic E-state index is 12.4. The molecule has 0 spiro atoms. The molecular weight excluding hydrogens is 294 g/mol. The maximum Gasteiger partial charge on any atom is 0.243 e. The first kappa shape index (κ1) is 16.3. The highest BCUT2D eigenvalue weighted by Gasteiger charge is 2.42. The Balaban J connectivity index is 1.59. The van der Waals surface area contributed by atoms with Gasteiger partial charge in [-0.1, -0.05) is 0 Å². The van der Waals surface area contributed by atoms with Crippen molar-refractivity contribution in [2.75, 3.05) is 13.1 Å². The molecule has 6 nitrogen and oxygen atoms in total. The van der Waals surface area contributed by atoms with Crippen molar-refractivity contribution < 1.29 is 14.4 Å². The van der Waals surface area contributed by atoms with Crippen molar-refractivity contribution >= 4 is 17.7 Å². The van der Waals surface area contributed by atoms with Crippen LogP contribution in [-0.2, 0) is 14.4 Å². The summed E-state index contributed by atoms with van der Waals surface area (Å²) in [5.74, 6) is 0.582. The Hall–Kier alpha value is -1.59. The minimum Gasteiger partial charge on any atom is -0.352 e. The second-order valence-electron chi connectivity index (χ2n) is 7.35. The maximum absolute atomic E-state index is 12.4. The average molecular weight is 321 g/mol. The van der Waals surface area contributed by atoms with E-state index in [-0.39, 0.29) is 41.8 Å². The standard InChI is InChI=1S/C17H27N3O3/c1-11(2)18-16(22)14-5-6-15(21)20(14)13-7-9-19(10-8-13)17(23)12-3-4-12/h11-14H,3-10H2,1-2H3,(H,18,22). The van der Waals surface area contributed by atoms with Crippen molar-refractivity contribution in [1.29, 1.82) is 0 Å². The first-order chi connectivity index (χ1) is 11.0. The molecule has 2 aliphatic heterocycles. The van der Waals surface area contributed by atoms with Crippen LogP contribution in [0, 0.1) is 5.92 Å². The molecular formula is C17H27N3O3. The molecule has 1 atom stereocenters. The number of carbonyl (C=O) groups excluding carboxylic acids is 3. The summed E-state index contributed by atoms with van der Waals surface area (Å²) in [6, 6.07) is -0.158. The van der Waals surface area contributed by atoms with Gasteiger partial charge in [-0.25, -0.2) is 0 Å². The van der Waals surface area contributed by atoms with Crippen LogP contribution in [0.5, 0.6) is 0 Å². The highest BCUT2D eigenvalue weighted by Crippen LogP contribution is 2.33. The fourth-order valence-electron chi connectivity index (χ4n) is 3.75. The van der Waals surface area contributed by atoms with Crippen LogP contribution in [0.25, 0.3) is 0 Å². The number of carbonyl (C=O) groups is 3. The number of amides is 3. The summed E-state index contributed by atoms with van der Waals surface area (Å²) in [5, 5.41) is 2.93. The van der Waals surface area contributed by atoms with E-state index in [4.69, 9.17) is 0 Å². The van der Waals surface area contributed by atoms with Crippen LogP contribution in [0.2, 0.25) is 0 Å². The average Bonchev–Trinajstić information content (AvgIpc) is 3.28. The van der Waals surface area contributed by atoms with Crippen molar-refractivity contribution in [3.63, 3.8) is 0 Å². The highest BCUT2D eigenvalue weighted by molar-refractivity contribution is 5.91. The summed E-state index contributed by atoms with van der Waals surface area (Å²) in [6.45, 7) is 5.28. The highest BCUT2D eigenvalue weighted by atomic mass is 16.2. The summed E-state index contributed by atoms with van der Waals surface area (Å²) in [5.41, 5.74) is 0. The summed E-state index contributed by atoms with van der Waals surface area (Å²) >= 11 is 0. The van der Waals surface area contributed by atoms with E-state index in [1.54, 1.807) is 4.90 Å². The third-order valence-corrected chi connectivity index (χ3v) is 5.09. The molecule has 2 saturated heterocycles. The zero-order valence-corrected chi connectivity index (χ0v) is 14.1. The fraction of sp³-hybridized carbons (Fsp3) is 0.824. The van der Waals surface area contributed by atoms with Crippen molar-refractivity contribution in [2.24, 2.45) is 5.92 Å². The Morgan fingerprint density at radius 3 is 2.30 bits per heavy atom. The molecule has 2 heterocycles. The van der Waals surface area contributed by atoms with E-state index in [0.717, 1.165) is 25.7 Å². The van der Waals surface area contributed by atoms with Gasteiger partial charge >= 0.3 is 0 Å². The number of nitrogens with one attached hydrogen (secondary N) is 1. The van der Waals surface area contributed by atoms with E-state index < -0.39 is 0 Å². The Kier molecular flexibility index (Phi) is 4.60. The van der Waals surface area contributed by atoms with Gasteiger partial charge in [-0.3, -0.25) is 14.4 Å². The molecule has 3 aliphatic rings. The number of rotatable bonds is 4. The third-order valence-electron chi connectivity index (χ3n) is 5.09. The van der Waals surface area contributed by atoms with Gasteiger partial charge in [0.25, 0.3) is 0 Å². The number of piperidine rings is 1. The van der Waals surface area contributed by atoms with E-state index in [1.807, 2.05) is 18.7 Å². The molecule has 1 N–H and O–H groups in total. The molecule has 0 aromatic carbocycles.